The van der Waals surface area contributed by atoms with Crippen molar-refractivity contribution in [3.63, 3.8) is 0 Å². The summed E-state index contributed by atoms with van der Waals surface area (Å²) in [5, 5.41) is -1.22. The van der Waals surface area contributed by atoms with Crippen molar-refractivity contribution < 1.29 is 47.5 Å². The molecular weight excluding hydrogens is 533 g/mol. The molecule has 12 heteroatoms. The molecule has 0 N–H and O–H groups in total. The Kier molecular flexibility index (Phi) is 28.3. The van der Waals surface area contributed by atoms with Crippen LogP contribution in [-0.2, 0) is 79.9 Å². The number of thioether (sulfide) groups is 1. The molecule has 0 heterocycles. The van der Waals surface area contributed by atoms with Crippen molar-refractivity contribution in [3.8, 4) is 0 Å². The molecule has 0 aliphatic carbocycles. The van der Waals surface area contributed by atoms with Gasteiger partial charge in [-0.25, -0.2) is 0 Å². The van der Waals surface area contributed by atoms with Gasteiger partial charge in [0.2, 0.25) is 0 Å². The average molecular weight is 548 g/mol. The number of hydrogen-bond acceptors (Lipinski definition) is 6. The largest absolute Gasteiger partial charge is 0 e. The Balaban J connectivity index is -0.0000000813. The first-order valence-corrected chi connectivity index (χ1v) is 15.0. The van der Waals surface area contributed by atoms with Crippen molar-refractivity contribution in [2.75, 3.05) is 33.7 Å². The molecular formula is C6H15Mo2NO2PS6-. The molecule has 0 aliphatic heterocycles. The van der Waals surface area contributed by atoms with Gasteiger partial charge in [-0.3, -0.25) is 0 Å². The molecule has 18 heavy (non-hydrogen) atoms. The Bertz CT molecular complexity index is 398. The minimum Gasteiger partial charge on any atom is 0 e. The van der Waals surface area contributed by atoms with Gasteiger partial charge >= 0.3 is 43.2 Å². The van der Waals surface area contributed by atoms with Crippen molar-refractivity contribution in [2.24, 2.45) is 0 Å². The maximum Gasteiger partial charge on any atom is 0 e. The van der Waals surface area contributed by atoms with E-state index in [4.69, 9.17) is 36.3 Å². The minimum absolute atomic E-state index is 0. The van der Waals surface area contributed by atoms with Crippen molar-refractivity contribution in [1.29, 1.82) is 0 Å². The van der Waals surface area contributed by atoms with Crippen LogP contribution in [0.15, 0.2) is 0 Å². The summed E-state index contributed by atoms with van der Waals surface area (Å²) in [4.78, 5) is 1.92. The first kappa shape index (κ1) is 28.8. The predicted octanol–water partition coefficient (Wildman–Crippen LogP) is 1.71. The van der Waals surface area contributed by atoms with E-state index < -0.39 is 14.5 Å². The number of thiocarbonyl (C=S) groups is 1. The third kappa shape index (κ3) is 51.2. The second-order valence-corrected chi connectivity index (χ2v) is 17.8. The second-order valence-electron chi connectivity index (χ2n) is 2.89. The van der Waals surface area contributed by atoms with E-state index in [0.29, 0.717) is 0 Å². The summed E-state index contributed by atoms with van der Waals surface area (Å²) in [6.07, 6.45) is 1.97. The normalized spacial score (nSPS) is 8.33. The zero-order valence-corrected chi connectivity index (χ0v) is 20.3. The van der Waals surface area contributed by atoms with Crippen LogP contribution < -0.4 is 0 Å². The van der Waals surface area contributed by atoms with Crippen molar-refractivity contribution in [1.82, 2.24) is 4.90 Å². The van der Waals surface area contributed by atoms with Gasteiger partial charge in [0, 0.05) is 35.2 Å². The maximum atomic E-state index is 9.33. The SMILES string of the molecule is CP(C)(=S)[S-].CSC(=S)N(C)C.O=S(=O)=[S]=[Mo].[Mo]. The first-order valence-electron chi connectivity index (χ1n) is 3.86. The Hall–Kier alpha value is 2.66. The van der Waals surface area contributed by atoms with E-state index >= 15 is 0 Å². The van der Waals surface area contributed by atoms with E-state index in [0.717, 1.165) is 11.8 Å². The van der Waals surface area contributed by atoms with Gasteiger partial charge in [-0.1, -0.05) is 25.5 Å². The van der Waals surface area contributed by atoms with E-state index in [1.165, 1.54) is 18.0 Å². The Morgan fingerprint density at radius 1 is 1.39 bits per heavy atom. The number of rotatable bonds is 0. The predicted molar refractivity (Wildman–Crippen MR) is 89.6 cm³/mol. The van der Waals surface area contributed by atoms with Gasteiger partial charge < -0.3 is 17.1 Å². The fourth-order valence-electron chi connectivity index (χ4n) is 0.183. The van der Waals surface area contributed by atoms with Crippen molar-refractivity contribution in [3.05, 3.63) is 0 Å². The summed E-state index contributed by atoms with van der Waals surface area (Å²) in [5.41, 5.74) is 0. The van der Waals surface area contributed by atoms with Gasteiger partial charge in [-0.15, -0.1) is 23.6 Å². The molecule has 0 saturated carbocycles. The summed E-state index contributed by atoms with van der Waals surface area (Å²) in [5.74, 6) is 0. The van der Waals surface area contributed by atoms with Crippen LogP contribution in [0.5, 0.6) is 0 Å². The van der Waals surface area contributed by atoms with Gasteiger partial charge in [0.1, 0.15) is 4.32 Å². The van der Waals surface area contributed by atoms with Crippen LogP contribution in [0.2, 0.25) is 0 Å². The van der Waals surface area contributed by atoms with Crippen LogP contribution in [0.4, 0.5) is 0 Å². The molecule has 0 aromatic rings. The third-order valence-electron chi connectivity index (χ3n) is 0.595. The molecule has 0 amide bonds. The average Bonchev–Trinajstić information content (AvgIpc) is 2.14. The van der Waals surface area contributed by atoms with E-state index in [1.807, 2.05) is 38.6 Å². The summed E-state index contributed by atoms with van der Waals surface area (Å²) in [6, 6.07) is 0. The van der Waals surface area contributed by atoms with E-state index in [9.17, 15) is 8.42 Å². The van der Waals surface area contributed by atoms with Crippen LogP contribution in [-0.4, -0.2) is 51.3 Å². The molecule has 0 saturated heterocycles. The van der Waals surface area contributed by atoms with Gasteiger partial charge in [0.15, 0.2) is 0 Å². The topological polar surface area (TPSA) is 37.4 Å². The van der Waals surface area contributed by atoms with Crippen LogP contribution in [0, 0.1) is 0 Å². The maximum absolute atomic E-state index is 9.33. The zero-order valence-electron chi connectivity index (χ0n) is 10.5. The molecule has 0 unspecified atom stereocenters. The molecule has 0 bridgehead atoms. The van der Waals surface area contributed by atoms with Crippen molar-refractivity contribution in [2.45, 2.75) is 0 Å². The minimum atomic E-state index is -1.90. The smallest absolute Gasteiger partial charge is 0 e. The van der Waals surface area contributed by atoms with E-state index in [2.05, 4.69) is 0 Å². The second kappa shape index (κ2) is 17.7. The summed E-state index contributed by atoms with van der Waals surface area (Å²) in [6.45, 7) is 3.86. The summed E-state index contributed by atoms with van der Waals surface area (Å²) < 4.78 is 19.6. The van der Waals surface area contributed by atoms with Crippen LogP contribution >= 0.6 is 29.2 Å². The zero-order chi connectivity index (χ0) is 14.6. The van der Waals surface area contributed by atoms with E-state index in [-0.39, 0.29) is 21.1 Å². The number of nitrogens with zero attached hydrogens (tertiary/aromatic N) is 1. The molecule has 0 rings (SSSR count). The molecule has 0 atom stereocenters. The van der Waals surface area contributed by atoms with Crippen LogP contribution in [0.25, 0.3) is 0 Å². The fourth-order valence-corrected chi connectivity index (χ4v) is 0.548. The molecule has 0 spiro atoms. The molecule has 0 aliphatic rings. The van der Waals surface area contributed by atoms with E-state index in [1.54, 1.807) is 11.8 Å². The van der Waals surface area contributed by atoms with Gasteiger partial charge in [-0.2, -0.15) is 5.24 Å². The molecule has 3 nitrogen and oxygen atoms in total. The fraction of sp³-hybridized carbons (Fsp3) is 0.833. The first-order chi connectivity index (χ1) is 7.45. The molecule has 0 radical (unpaired) electrons. The Morgan fingerprint density at radius 3 is 1.61 bits per heavy atom. The van der Waals surface area contributed by atoms with Crippen molar-refractivity contribution >= 4 is 74.4 Å². The quantitative estimate of drug-likeness (QED) is 0.198. The van der Waals surface area contributed by atoms with Crippen LogP contribution in [0.3, 0.4) is 0 Å². The monoisotopic (exact) mass is 552 g/mol. The molecule has 0 aromatic heterocycles. The van der Waals surface area contributed by atoms with Gasteiger partial charge in [0.25, 0.3) is 0 Å². The van der Waals surface area contributed by atoms with Crippen LogP contribution in [0.1, 0.15) is 0 Å². The molecule has 110 valence electrons. The summed E-state index contributed by atoms with van der Waals surface area (Å²) >= 11 is 17.4. The Morgan fingerprint density at radius 2 is 1.61 bits per heavy atom. The molecule has 0 fully saturated rings. The third-order valence-corrected chi connectivity index (χ3v) is 5.08. The van der Waals surface area contributed by atoms with Gasteiger partial charge in [-0.05, 0) is 6.26 Å². The Labute approximate surface area is 158 Å². The molecule has 0 aromatic carbocycles. The standard InChI is InChI=1S/C4H9NS2.C2H7PS2.2Mo.O2S2/c1-5(2)4(6)7-3;1-3(2,4)5;;;1-4(2)3/h1-3H3;1-2H3,(H,4,5);;;/p-1. The van der Waals surface area contributed by atoms with Gasteiger partial charge in [0.05, 0.1) is 0 Å². The summed E-state index contributed by atoms with van der Waals surface area (Å²) in [7, 11) is 2.79. The number of hydrogen-bond donors (Lipinski definition) is 0.